The van der Waals surface area contributed by atoms with Crippen LogP contribution < -0.4 is 21.1 Å². The number of pyridine rings is 1. The summed E-state index contributed by atoms with van der Waals surface area (Å²) in [6.45, 7) is 10.2. The first-order valence-electron chi connectivity index (χ1n) is 11.7. The lowest BCUT2D eigenvalue weighted by Crippen LogP contribution is -2.13. The fraction of sp³-hybridized carbons (Fsp3) is 0.333. The highest BCUT2D eigenvalue weighted by Gasteiger charge is 2.22. The minimum absolute atomic E-state index is 0.281. The van der Waals surface area contributed by atoms with Crippen molar-refractivity contribution in [3.8, 4) is 5.75 Å². The Balaban J connectivity index is 1.50. The van der Waals surface area contributed by atoms with Gasteiger partial charge in [-0.1, -0.05) is 31.7 Å². The number of allylic oxidation sites excluding steroid dienone is 3. The zero-order valence-electron chi connectivity index (χ0n) is 19.6. The summed E-state index contributed by atoms with van der Waals surface area (Å²) in [6, 6.07) is 8.77. The molecule has 0 amide bonds. The molecule has 1 aromatic carbocycles. The van der Waals surface area contributed by atoms with Crippen molar-refractivity contribution in [2.45, 2.75) is 46.1 Å². The van der Waals surface area contributed by atoms with E-state index >= 15 is 0 Å². The number of rotatable bonds is 10. The van der Waals surface area contributed by atoms with E-state index in [-0.39, 0.29) is 5.82 Å². The molecule has 1 aromatic heterocycles. The predicted octanol–water partition coefficient (Wildman–Crippen LogP) is 5.04. The standard InChI is InChI=1S/C27H33N5O/c1-4-12-30-25(21-8-9-21)22-7-5-6-20(15-22)16-31-27-23-11-14-33-26(23)24(17-32-27)18(2)10-13-29-19(3)28/h5-7,10,13,15,17,30H,3-4,8-9,11-12,14,16,28H2,1-2H3,(H,31,32)/b18-10+,29-13-. The Labute approximate surface area is 196 Å². The van der Waals surface area contributed by atoms with Crippen LogP contribution in [0.1, 0.15) is 55.4 Å². The number of benzene rings is 1. The molecule has 1 fully saturated rings. The molecule has 0 radical (unpaired) electrons. The second-order valence-corrected chi connectivity index (χ2v) is 8.51. The van der Waals surface area contributed by atoms with Crippen molar-refractivity contribution in [3.05, 3.63) is 76.8 Å². The summed E-state index contributed by atoms with van der Waals surface area (Å²) >= 11 is 0. The van der Waals surface area contributed by atoms with E-state index in [0.717, 1.165) is 47.7 Å². The molecular formula is C27H33N5O. The minimum atomic E-state index is 0.281. The molecule has 33 heavy (non-hydrogen) atoms. The largest absolute Gasteiger partial charge is 0.492 e. The second-order valence-electron chi connectivity index (χ2n) is 8.51. The molecule has 1 aliphatic heterocycles. The highest BCUT2D eigenvalue weighted by atomic mass is 16.5. The Kier molecular flexibility index (Phi) is 7.13. The molecule has 0 atom stereocenters. The van der Waals surface area contributed by atoms with Crippen LogP contribution in [0.5, 0.6) is 5.75 Å². The zero-order chi connectivity index (χ0) is 23.2. The topological polar surface area (TPSA) is 84.6 Å². The smallest absolute Gasteiger partial charge is 0.135 e. The van der Waals surface area contributed by atoms with Crippen molar-refractivity contribution in [1.82, 2.24) is 10.3 Å². The first kappa shape index (κ1) is 22.6. The van der Waals surface area contributed by atoms with Crippen molar-refractivity contribution < 1.29 is 4.74 Å². The monoisotopic (exact) mass is 443 g/mol. The zero-order valence-corrected chi connectivity index (χ0v) is 19.6. The van der Waals surface area contributed by atoms with Gasteiger partial charge in [0.15, 0.2) is 0 Å². The summed E-state index contributed by atoms with van der Waals surface area (Å²) < 4.78 is 5.97. The second kappa shape index (κ2) is 10.4. The van der Waals surface area contributed by atoms with E-state index < -0.39 is 0 Å². The molecule has 2 aromatic rings. The Hall–Kier alpha value is -3.54. The van der Waals surface area contributed by atoms with Crippen LogP contribution in [0.3, 0.4) is 0 Å². The third-order valence-electron chi connectivity index (χ3n) is 5.80. The maximum Gasteiger partial charge on any atom is 0.135 e. The van der Waals surface area contributed by atoms with Gasteiger partial charge in [0.2, 0.25) is 0 Å². The third-order valence-corrected chi connectivity index (χ3v) is 5.80. The van der Waals surface area contributed by atoms with E-state index in [9.17, 15) is 0 Å². The van der Waals surface area contributed by atoms with E-state index in [4.69, 9.17) is 15.5 Å². The van der Waals surface area contributed by atoms with Gasteiger partial charge in [0, 0.05) is 48.7 Å². The molecule has 0 bridgehead atoms. The van der Waals surface area contributed by atoms with Gasteiger partial charge >= 0.3 is 0 Å². The first-order valence-corrected chi connectivity index (χ1v) is 11.7. The first-order chi connectivity index (χ1) is 16.1. The summed E-state index contributed by atoms with van der Waals surface area (Å²) in [4.78, 5) is 8.74. The molecule has 1 aliphatic carbocycles. The van der Waals surface area contributed by atoms with Crippen molar-refractivity contribution in [1.29, 1.82) is 0 Å². The van der Waals surface area contributed by atoms with Gasteiger partial charge in [-0.05, 0) is 60.6 Å². The van der Waals surface area contributed by atoms with Crippen LogP contribution in [0.25, 0.3) is 11.3 Å². The summed E-state index contributed by atoms with van der Waals surface area (Å²) in [6.07, 6.45) is 9.79. The molecule has 6 nitrogen and oxygen atoms in total. The molecule has 1 saturated carbocycles. The Bertz CT molecular complexity index is 1120. The van der Waals surface area contributed by atoms with Gasteiger partial charge in [0.05, 0.1) is 6.61 Å². The predicted molar refractivity (Wildman–Crippen MR) is 137 cm³/mol. The number of aromatic nitrogens is 1. The number of fused-ring (bicyclic) bond motifs is 1. The van der Waals surface area contributed by atoms with Crippen LogP contribution in [0.2, 0.25) is 0 Å². The quantitative estimate of drug-likeness (QED) is 0.448. The summed E-state index contributed by atoms with van der Waals surface area (Å²) in [5.74, 6) is 2.07. The number of aliphatic imine (C=N–C) groups is 1. The highest BCUT2D eigenvalue weighted by Crippen LogP contribution is 2.38. The van der Waals surface area contributed by atoms with Crippen molar-refractivity contribution in [2.75, 3.05) is 18.5 Å². The van der Waals surface area contributed by atoms with Crippen molar-refractivity contribution in [2.24, 2.45) is 10.7 Å². The van der Waals surface area contributed by atoms with E-state index in [0.29, 0.717) is 13.2 Å². The SMILES string of the molecule is C=C(N)/N=C\C=C(/C)c1cnc(NCc2cccc(C(NCCC)=C3CC3)c2)c2c1OCC2. The van der Waals surface area contributed by atoms with Crippen LogP contribution in [-0.4, -0.2) is 24.4 Å². The lowest BCUT2D eigenvalue weighted by Gasteiger charge is -2.14. The molecule has 0 spiro atoms. The molecule has 6 heteroatoms. The minimum Gasteiger partial charge on any atom is -0.492 e. The average Bonchev–Trinajstić information content (AvgIpc) is 3.52. The molecule has 0 unspecified atom stereocenters. The van der Waals surface area contributed by atoms with E-state index in [1.54, 1.807) is 6.21 Å². The van der Waals surface area contributed by atoms with Gasteiger partial charge in [-0.2, -0.15) is 0 Å². The Morgan fingerprint density at radius 3 is 2.91 bits per heavy atom. The van der Waals surface area contributed by atoms with E-state index in [1.165, 1.54) is 35.2 Å². The highest BCUT2D eigenvalue weighted by molar-refractivity contribution is 5.86. The van der Waals surface area contributed by atoms with Crippen LogP contribution in [0.15, 0.2) is 59.5 Å². The summed E-state index contributed by atoms with van der Waals surface area (Å²) in [5.41, 5.74) is 14.0. The van der Waals surface area contributed by atoms with Crippen LogP contribution in [0.4, 0.5) is 5.82 Å². The van der Waals surface area contributed by atoms with Crippen molar-refractivity contribution in [3.63, 3.8) is 0 Å². The molecule has 2 heterocycles. The average molecular weight is 444 g/mol. The normalized spacial score (nSPS) is 14.7. The van der Waals surface area contributed by atoms with E-state index in [1.807, 2.05) is 19.2 Å². The fourth-order valence-electron chi connectivity index (χ4n) is 3.97. The number of ether oxygens (including phenoxy) is 1. The van der Waals surface area contributed by atoms with Gasteiger partial charge in [0.1, 0.15) is 17.4 Å². The van der Waals surface area contributed by atoms with Gasteiger partial charge in [-0.3, -0.25) is 0 Å². The number of hydrogen-bond donors (Lipinski definition) is 3. The summed E-state index contributed by atoms with van der Waals surface area (Å²) in [7, 11) is 0. The maximum absolute atomic E-state index is 5.97. The number of anilines is 1. The fourth-order valence-corrected chi connectivity index (χ4v) is 3.97. The number of hydrogen-bond acceptors (Lipinski definition) is 6. The van der Waals surface area contributed by atoms with Crippen LogP contribution in [0, 0.1) is 0 Å². The van der Waals surface area contributed by atoms with Crippen LogP contribution in [-0.2, 0) is 13.0 Å². The van der Waals surface area contributed by atoms with Gasteiger partial charge in [-0.15, -0.1) is 0 Å². The van der Waals surface area contributed by atoms with Crippen molar-refractivity contribution >= 4 is 23.3 Å². The molecule has 4 rings (SSSR count). The summed E-state index contributed by atoms with van der Waals surface area (Å²) in [5, 5.41) is 7.16. The molecule has 0 saturated heterocycles. The van der Waals surface area contributed by atoms with Gasteiger partial charge in [-0.25, -0.2) is 9.98 Å². The van der Waals surface area contributed by atoms with Gasteiger partial charge < -0.3 is 21.1 Å². The van der Waals surface area contributed by atoms with E-state index in [2.05, 4.69) is 53.4 Å². The molecule has 172 valence electrons. The Morgan fingerprint density at radius 1 is 1.30 bits per heavy atom. The third kappa shape index (κ3) is 5.64. The van der Waals surface area contributed by atoms with Crippen LogP contribution >= 0.6 is 0 Å². The van der Waals surface area contributed by atoms with Gasteiger partial charge in [0.25, 0.3) is 0 Å². The number of nitrogens with zero attached hydrogens (tertiary/aromatic N) is 2. The molecular weight excluding hydrogens is 410 g/mol. The number of nitrogens with one attached hydrogen (secondary N) is 2. The molecule has 2 aliphatic rings. The molecule has 4 N–H and O–H groups in total. The lowest BCUT2D eigenvalue weighted by atomic mass is 10.0. The lowest BCUT2D eigenvalue weighted by molar-refractivity contribution is 0.356. The Morgan fingerprint density at radius 2 is 2.15 bits per heavy atom. The maximum atomic E-state index is 5.97. The number of nitrogens with two attached hydrogens (primary N) is 1.